The summed E-state index contributed by atoms with van der Waals surface area (Å²) in [4.78, 5) is 24.0. The van der Waals surface area contributed by atoms with Crippen LogP contribution in [0.25, 0.3) is 11.1 Å². The van der Waals surface area contributed by atoms with Crippen molar-refractivity contribution in [1.29, 1.82) is 0 Å². The minimum Gasteiger partial charge on any atom is -0.448 e. The molecule has 0 saturated carbocycles. The maximum absolute atomic E-state index is 12.0. The number of nitrogens with one attached hydrogen (secondary N) is 2. The molecule has 2 amide bonds. The normalized spacial score (nSPS) is 18.5. The van der Waals surface area contributed by atoms with Crippen molar-refractivity contribution in [3.63, 3.8) is 0 Å². The zero-order chi connectivity index (χ0) is 17.2. The van der Waals surface area contributed by atoms with Gasteiger partial charge in [-0.3, -0.25) is 10.1 Å². The van der Waals surface area contributed by atoms with Crippen LogP contribution < -0.4 is 10.6 Å². The van der Waals surface area contributed by atoms with E-state index in [1.54, 1.807) is 0 Å². The van der Waals surface area contributed by atoms with E-state index in [1.807, 2.05) is 24.3 Å². The molecule has 1 aliphatic heterocycles. The van der Waals surface area contributed by atoms with Crippen LogP contribution in [0.3, 0.4) is 0 Å². The van der Waals surface area contributed by atoms with Crippen molar-refractivity contribution in [3.8, 4) is 11.1 Å². The van der Waals surface area contributed by atoms with E-state index in [4.69, 9.17) is 4.74 Å². The van der Waals surface area contributed by atoms with Crippen LogP contribution in [0.4, 0.5) is 4.79 Å². The SMILES string of the molecule is O=C(NC(=O)[C@@H]1CCCN1)OCC1c2ccccc2-c2ccccc21. The molecule has 1 saturated heterocycles. The Morgan fingerprint density at radius 2 is 1.68 bits per heavy atom. The van der Waals surface area contributed by atoms with Gasteiger partial charge in [-0.2, -0.15) is 0 Å². The lowest BCUT2D eigenvalue weighted by atomic mass is 9.98. The molecule has 5 nitrogen and oxygen atoms in total. The highest BCUT2D eigenvalue weighted by Gasteiger charge is 2.29. The quantitative estimate of drug-likeness (QED) is 0.904. The molecule has 25 heavy (non-hydrogen) atoms. The van der Waals surface area contributed by atoms with Gasteiger partial charge in [-0.05, 0) is 41.6 Å². The maximum Gasteiger partial charge on any atom is 0.413 e. The van der Waals surface area contributed by atoms with Crippen molar-refractivity contribution in [3.05, 3.63) is 59.7 Å². The van der Waals surface area contributed by atoms with Gasteiger partial charge >= 0.3 is 6.09 Å². The van der Waals surface area contributed by atoms with Crippen LogP contribution in [0.5, 0.6) is 0 Å². The summed E-state index contributed by atoms with van der Waals surface area (Å²) >= 11 is 0. The largest absolute Gasteiger partial charge is 0.448 e. The smallest absolute Gasteiger partial charge is 0.413 e. The summed E-state index contributed by atoms with van der Waals surface area (Å²) in [6, 6.07) is 16.0. The first-order valence-electron chi connectivity index (χ1n) is 8.63. The van der Waals surface area contributed by atoms with Crippen molar-refractivity contribution in [2.45, 2.75) is 24.8 Å². The highest BCUT2D eigenvalue weighted by molar-refractivity contribution is 5.95. The molecular weight excluding hydrogens is 316 g/mol. The molecule has 0 unspecified atom stereocenters. The first-order valence-corrected chi connectivity index (χ1v) is 8.63. The predicted octanol–water partition coefficient (Wildman–Crippen LogP) is 2.80. The van der Waals surface area contributed by atoms with Crippen LogP contribution >= 0.6 is 0 Å². The van der Waals surface area contributed by atoms with Gasteiger partial charge in [0.2, 0.25) is 5.91 Å². The van der Waals surface area contributed by atoms with Crippen molar-refractivity contribution in [2.75, 3.05) is 13.2 Å². The fourth-order valence-corrected chi connectivity index (χ4v) is 3.73. The lowest BCUT2D eigenvalue weighted by molar-refractivity contribution is -0.122. The number of imide groups is 1. The molecule has 2 aromatic carbocycles. The number of hydrogen-bond acceptors (Lipinski definition) is 4. The number of rotatable bonds is 3. The van der Waals surface area contributed by atoms with Crippen molar-refractivity contribution in [2.24, 2.45) is 0 Å². The number of amides is 2. The van der Waals surface area contributed by atoms with E-state index in [-0.39, 0.29) is 24.5 Å². The molecule has 1 aliphatic carbocycles. The minimum atomic E-state index is -0.680. The van der Waals surface area contributed by atoms with E-state index in [0.717, 1.165) is 30.5 Å². The predicted molar refractivity (Wildman–Crippen MR) is 94.2 cm³/mol. The molecule has 2 N–H and O–H groups in total. The molecule has 5 heteroatoms. The fourth-order valence-electron chi connectivity index (χ4n) is 3.73. The Hall–Kier alpha value is -2.66. The van der Waals surface area contributed by atoms with Crippen LogP contribution in [0.1, 0.15) is 29.9 Å². The number of hydrogen-bond donors (Lipinski definition) is 2. The molecule has 1 fully saturated rings. The summed E-state index contributed by atoms with van der Waals surface area (Å²) in [5.74, 6) is -0.312. The second kappa shape index (κ2) is 6.69. The van der Waals surface area contributed by atoms with Crippen LogP contribution in [0, 0.1) is 0 Å². The third-order valence-electron chi connectivity index (χ3n) is 4.95. The summed E-state index contributed by atoms with van der Waals surface area (Å²) in [6.45, 7) is 1.02. The van der Waals surface area contributed by atoms with E-state index in [2.05, 4.69) is 34.9 Å². The highest BCUT2D eigenvalue weighted by atomic mass is 16.5. The van der Waals surface area contributed by atoms with E-state index in [1.165, 1.54) is 11.1 Å². The molecule has 0 spiro atoms. The number of fused-ring (bicyclic) bond motifs is 3. The summed E-state index contributed by atoms with van der Waals surface area (Å²) < 4.78 is 5.37. The number of benzene rings is 2. The maximum atomic E-state index is 12.0. The zero-order valence-electron chi connectivity index (χ0n) is 13.8. The van der Waals surface area contributed by atoms with Gasteiger partial charge in [0, 0.05) is 5.92 Å². The average Bonchev–Trinajstić information content (AvgIpc) is 3.27. The van der Waals surface area contributed by atoms with Crippen LogP contribution in [-0.4, -0.2) is 31.2 Å². The Morgan fingerprint density at radius 1 is 1.04 bits per heavy atom. The second-order valence-corrected chi connectivity index (χ2v) is 6.46. The summed E-state index contributed by atoms with van der Waals surface area (Å²) in [5.41, 5.74) is 4.66. The molecule has 1 heterocycles. The van der Waals surface area contributed by atoms with Gasteiger partial charge in [0.1, 0.15) is 6.61 Å². The van der Waals surface area contributed by atoms with Gasteiger partial charge in [-0.25, -0.2) is 4.79 Å². The highest BCUT2D eigenvalue weighted by Crippen LogP contribution is 2.44. The molecule has 0 bridgehead atoms. The van der Waals surface area contributed by atoms with Gasteiger partial charge in [0.05, 0.1) is 6.04 Å². The third kappa shape index (κ3) is 3.03. The molecule has 128 valence electrons. The second-order valence-electron chi connectivity index (χ2n) is 6.46. The summed E-state index contributed by atoms with van der Waals surface area (Å²) in [5, 5.41) is 5.40. The van der Waals surface area contributed by atoms with Crippen LogP contribution in [0.2, 0.25) is 0 Å². The van der Waals surface area contributed by atoms with Crippen LogP contribution in [-0.2, 0) is 9.53 Å². The van der Waals surface area contributed by atoms with Gasteiger partial charge in [-0.15, -0.1) is 0 Å². The zero-order valence-corrected chi connectivity index (χ0v) is 13.8. The Kier molecular flexibility index (Phi) is 4.24. The van der Waals surface area contributed by atoms with Gasteiger partial charge in [-0.1, -0.05) is 48.5 Å². The van der Waals surface area contributed by atoms with Crippen molar-refractivity contribution in [1.82, 2.24) is 10.6 Å². The molecule has 2 aliphatic rings. The van der Waals surface area contributed by atoms with E-state index < -0.39 is 6.09 Å². The summed E-state index contributed by atoms with van der Waals surface area (Å²) in [6.07, 6.45) is 1.02. The molecular formula is C20H20N2O3. The summed E-state index contributed by atoms with van der Waals surface area (Å²) in [7, 11) is 0. The first kappa shape index (κ1) is 15.8. The van der Waals surface area contributed by atoms with Crippen LogP contribution in [0.15, 0.2) is 48.5 Å². The van der Waals surface area contributed by atoms with Gasteiger partial charge in [0.25, 0.3) is 0 Å². The number of carbonyl (C=O) groups excluding carboxylic acids is 2. The van der Waals surface area contributed by atoms with Gasteiger partial charge in [0.15, 0.2) is 0 Å². The Morgan fingerprint density at radius 3 is 2.28 bits per heavy atom. The monoisotopic (exact) mass is 336 g/mol. The lowest BCUT2D eigenvalue weighted by Gasteiger charge is -2.15. The molecule has 1 atom stereocenters. The first-order chi connectivity index (χ1) is 12.2. The molecule has 2 aromatic rings. The lowest BCUT2D eigenvalue weighted by Crippen LogP contribution is -2.43. The molecule has 4 rings (SSSR count). The Bertz CT molecular complexity index is 767. The van der Waals surface area contributed by atoms with E-state index in [0.29, 0.717) is 0 Å². The number of carbonyl (C=O) groups is 2. The standard InChI is InChI=1S/C20H20N2O3/c23-19(18-10-5-11-21-18)22-20(24)25-12-17-15-8-3-1-6-13(15)14-7-2-4-9-16(14)17/h1-4,6-9,17-18,21H,5,10-12H2,(H,22,23,24)/t18-/m0/s1. The van der Waals surface area contributed by atoms with E-state index >= 15 is 0 Å². The molecule has 0 aromatic heterocycles. The fraction of sp³-hybridized carbons (Fsp3) is 0.300. The van der Waals surface area contributed by atoms with E-state index in [9.17, 15) is 9.59 Å². The minimum absolute atomic E-state index is 0.00198. The number of ether oxygens (including phenoxy) is 1. The topological polar surface area (TPSA) is 67.4 Å². The Labute approximate surface area is 146 Å². The average molecular weight is 336 g/mol. The third-order valence-corrected chi connectivity index (χ3v) is 4.95. The Balaban J connectivity index is 1.44. The van der Waals surface area contributed by atoms with Gasteiger partial charge < -0.3 is 10.1 Å². The molecule has 0 radical (unpaired) electrons. The van der Waals surface area contributed by atoms with Crippen molar-refractivity contribution < 1.29 is 14.3 Å². The van der Waals surface area contributed by atoms with Crippen molar-refractivity contribution >= 4 is 12.0 Å². The number of alkyl carbamates (subject to hydrolysis) is 1.